The lowest BCUT2D eigenvalue weighted by Crippen LogP contribution is -2.53. The third-order valence-electron chi connectivity index (χ3n) is 16.9. The average Bonchev–Trinajstić information content (AvgIpc) is 3.90. The van der Waals surface area contributed by atoms with Crippen molar-refractivity contribution in [3.63, 3.8) is 0 Å². The molecule has 7 fully saturated rings. The second-order valence-corrected chi connectivity index (χ2v) is 21.6. The van der Waals surface area contributed by atoms with Gasteiger partial charge in [0.25, 0.3) is 5.91 Å². The molecule has 3 amide bonds. The van der Waals surface area contributed by atoms with Crippen LogP contribution in [0.15, 0.2) is 36.5 Å². The number of halogens is 2. The molecule has 358 valence electrons. The van der Waals surface area contributed by atoms with Gasteiger partial charge < -0.3 is 35.4 Å². The van der Waals surface area contributed by atoms with Crippen molar-refractivity contribution in [3.05, 3.63) is 64.9 Å². The van der Waals surface area contributed by atoms with Crippen LogP contribution in [0, 0.1) is 35.3 Å². The number of likely N-dealkylation sites (tertiary alicyclic amines) is 1. The lowest BCUT2D eigenvalue weighted by molar-refractivity contribution is -0.136. The number of ether oxygens (including phenoxy) is 1. The SMILES string of the molecule is Cc1c(F)cc(N)cc1-c1ncc2c(N3CC4CCC(C3)N4)nc(OCC3(CN4CCC5(CC4)CC(CN4CCN(c6ccc7c(c6)CN([C@H]6CCC(=O)NC6=O)C7=O)CC4)C5)CC3)nc2c1F. The highest BCUT2D eigenvalue weighted by Gasteiger charge is 2.50. The van der Waals surface area contributed by atoms with Crippen LogP contribution in [-0.4, -0.2) is 138 Å². The smallest absolute Gasteiger partial charge is 0.319 e. The molecule has 2 unspecified atom stereocenters. The zero-order valence-corrected chi connectivity index (χ0v) is 38.9. The summed E-state index contributed by atoms with van der Waals surface area (Å²) in [5.74, 6) is -0.580. The highest BCUT2D eigenvalue weighted by Crippen LogP contribution is 2.54. The van der Waals surface area contributed by atoms with Gasteiger partial charge >= 0.3 is 6.01 Å². The van der Waals surface area contributed by atoms with Crippen molar-refractivity contribution >= 4 is 45.8 Å². The van der Waals surface area contributed by atoms with Gasteiger partial charge in [0.05, 0.1) is 12.0 Å². The van der Waals surface area contributed by atoms with Gasteiger partial charge in [0.1, 0.15) is 28.9 Å². The third kappa shape index (κ3) is 8.11. The molecule has 17 heteroatoms. The Morgan fingerprint density at radius 3 is 2.37 bits per heavy atom. The highest BCUT2D eigenvalue weighted by molar-refractivity contribution is 6.05. The molecule has 2 aromatic heterocycles. The van der Waals surface area contributed by atoms with Crippen LogP contribution in [0.5, 0.6) is 6.01 Å². The Morgan fingerprint density at radius 2 is 1.63 bits per heavy atom. The summed E-state index contributed by atoms with van der Waals surface area (Å²) < 4.78 is 37.9. The normalized spacial score (nSPS) is 25.8. The van der Waals surface area contributed by atoms with Crippen molar-refractivity contribution < 1.29 is 27.9 Å². The molecule has 6 aliphatic heterocycles. The number of amides is 3. The maximum absolute atomic E-state index is 16.7. The molecule has 8 heterocycles. The molecule has 1 spiro atoms. The van der Waals surface area contributed by atoms with E-state index in [1.807, 2.05) is 12.1 Å². The van der Waals surface area contributed by atoms with Gasteiger partial charge in [-0.05, 0) is 131 Å². The summed E-state index contributed by atoms with van der Waals surface area (Å²) in [6, 6.07) is 9.10. The fourth-order valence-corrected chi connectivity index (χ4v) is 12.8. The molecule has 4 N–H and O–H groups in total. The molecule has 0 radical (unpaired) electrons. The predicted octanol–water partition coefficient (Wildman–Crippen LogP) is 5.04. The number of nitrogens with one attached hydrogen (secondary N) is 2. The van der Waals surface area contributed by atoms with Crippen LogP contribution in [-0.2, 0) is 16.1 Å². The lowest BCUT2D eigenvalue weighted by Gasteiger charge is -2.54. The first kappa shape index (κ1) is 43.7. The van der Waals surface area contributed by atoms with Gasteiger partial charge in [-0.15, -0.1) is 0 Å². The number of pyridine rings is 1. The number of piperidine rings is 2. The first-order chi connectivity index (χ1) is 32.9. The van der Waals surface area contributed by atoms with Crippen molar-refractivity contribution in [2.24, 2.45) is 16.7 Å². The second kappa shape index (κ2) is 16.9. The van der Waals surface area contributed by atoms with E-state index in [9.17, 15) is 18.8 Å². The van der Waals surface area contributed by atoms with E-state index in [1.165, 1.54) is 31.7 Å². The van der Waals surface area contributed by atoms with Gasteiger partial charge in [-0.3, -0.25) is 29.6 Å². The number of imide groups is 1. The number of carbonyl (C=O) groups excluding carboxylic acids is 3. The molecule has 68 heavy (non-hydrogen) atoms. The number of anilines is 3. The number of carbonyl (C=O) groups is 3. The van der Waals surface area contributed by atoms with Crippen LogP contribution in [0.4, 0.5) is 26.0 Å². The summed E-state index contributed by atoms with van der Waals surface area (Å²) in [4.78, 5) is 63.1. The molecule has 8 aliphatic rings. The number of hydrogen-bond donors (Lipinski definition) is 3. The topological polar surface area (TPSA) is 165 Å². The number of hydrogen-bond acceptors (Lipinski definition) is 13. The van der Waals surface area contributed by atoms with E-state index in [1.54, 1.807) is 24.1 Å². The zero-order valence-electron chi connectivity index (χ0n) is 38.9. The van der Waals surface area contributed by atoms with Crippen molar-refractivity contribution in [2.45, 2.75) is 95.8 Å². The van der Waals surface area contributed by atoms with E-state index in [2.05, 4.69) is 41.3 Å². The van der Waals surface area contributed by atoms with Crippen molar-refractivity contribution in [2.75, 3.05) is 87.6 Å². The van der Waals surface area contributed by atoms with E-state index in [0.717, 1.165) is 108 Å². The van der Waals surface area contributed by atoms with Gasteiger partial charge in [-0.25, -0.2) is 8.78 Å². The summed E-state index contributed by atoms with van der Waals surface area (Å²) in [5.41, 5.74) is 10.1. The maximum atomic E-state index is 16.7. The number of rotatable bonds is 11. The molecule has 2 saturated carbocycles. The average molecular weight is 930 g/mol. The quantitative estimate of drug-likeness (QED) is 0.136. The second-order valence-electron chi connectivity index (χ2n) is 21.6. The Morgan fingerprint density at radius 1 is 0.868 bits per heavy atom. The van der Waals surface area contributed by atoms with Crippen LogP contribution in [0.2, 0.25) is 0 Å². The molecule has 2 bridgehead atoms. The minimum atomic E-state index is -0.638. The molecule has 5 saturated heterocycles. The highest BCUT2D eigenvalue weighted by atomic mass is 19.1. The number of nitrogens with two attached hydrogens (primary N) is 1. The number of nitrogen functional groups attached to an aromatic ring is 1. The van der Waals surface area contributed by atoms with Crippen LogP contribution in [0.1, 0.15) is 85.7 Å². The largest absolute Gasteiger partial charge is 0.463 e. The third-order valence-corrected chi connectivity index (χ3v) is 16.9. The predicted molar refractivity (Wildman–Crippen MR) is 253 cm³/mol. The Balaban J connectivity index is 0.636. The van der Waals surface area contributed by atoms with Crippen LogP contribution in [0.3, 0.4) is 0 Å². The Kier molecular flexibility index (Phi) is 10.8. The standard InChI is InChI=1S/C51H61F2N11O4/c1-30-38(19-33(54)20-40(30)52)44-43(53)45-39(23-55-44)46(63-26-34-2-3-35(27-63)56-34)59-49(58-45)68-29-51(8-9-51)28-61-12-10-50(11-13-61)21-31(22-50)24-60-14-16-62(17-15-60)36-4-5-37-32(18-36)25-64(48(37)67)41-6-7-42(65)57-47(41)66/h4-5,18-20,23,31,34-35,41,56H,2-3,6-17,21-22,24-29,54H2,1H3,(H,57,65,66)/t34?,35?,41-/m0/s1. The summed E-state index contributed by atoms with van der Waals surface area (Å²) in [5, 5.41) is 6.58. The summed E-state index contributed by atoms with van der Waals surface area (Å²) in [7, 11) is 0. The summed E-state index contributed by atoms with van der Waals surface area (Å²) in [6.07, 6.45) is 11.6. The van der Waals surface area contributed by atoms with E-state index >= 15 is 4.39 Å². The lowest BCUT2D eigenvalue weighted by atomic mass is 9.57. The molecule has 4 aromatic rings. The van der Waals surface area contributed by atoms with Crippen LogP contribution < -0.4 is 30.9 Å². The van der Waals surface area contributed by atoms with Crippen molar-refractivity contribution in [1.82, 2.24) is 40.3 Å². The number of benzene rings is 2. The van der Waals surface area contributed by atoms with E-state index < -0.39 is 17.7 Å². The first-order valence-corrected chi connectivity index (χ1v) is 24.9. The Bertz CT molecular complexity index is 2680. The van der Waals surface area contributed by atoms with E-state index in [0.29, 0.717) is 59.4 Å². The zero-order chi connectivity index (χ0) is 46.5. The van der Waals surface area contributed by atoms with Gasteiger partial charge in [0, 0.05) is 112 Å². The molecular formula is C51H61F2N11O4. The molecule has 15 nitrogen and oxygen atoms in total. The maximum Gasteiger partial charge on any atom is 0.319 e. The van der Waals surface area contributed by atoms with Crippen molar-refractivity contribution in [1.29, 1.82) is 0 Å². The minimum absolute atomic E-state index is 0.00630. The van der Waals surface area contributed by atoms with Crippen LogP contribution >= 0.6 is 0 Å². The summed E-state index contributed by atoms with van der Waals surface area (Å²) in [6.45, 7) is 12.2. The number of fused-ring (bicyclic) bond motifs is 4. The fourth-order valence-electron chi connectivity index (χ4n) is 12.8. The van der Waals surface area contributed by atoms with Gasteiger partial charge in [0.15, 0.2) is 5.82 Å². The number of nitrogens with zero attached hydrogens (tertiary/aromatic N) is 8. The molecule has 2 aliphatic carbocycles. The Hall–Kier alpha value is -5.52. The minimum Gasteiger partial charge on any atom is -0.463 e. The molecule has 2 aromatic carbocycles. The molecular weight excluding hydrogens is 869 g/mol. The Labute approximate surface area is 395 Å². The van der Waals surface area contributed by atoms with Crippen LogP contribution in [0.25, 0.3) is 22.2 Å². The van der Waals surface area contributed by atoms with E-state index in [-0.39, 0.29) is 58.0 Å². The number of aromatic nitrogens is 3. The van der Waals surface area contributed by atoms with Gasteiger partial charge in [-0.1, -0.05) is 0 Å². The molecule has 12 rings (SSSR count). The number of piperazine rings is 2. The van der Waals surface area contributed by atoms with Gasteiger partial charge in [0.2, 0.25) is 11.8 Å². The first-order valence-electron chi connectivity index (χ1n) is 24.9. The molecule has 3 atom stereocenters. The van der Waals surface area contributed by atoms with E-state index in [4.69, 9.17) is 20.4 Å². The monoisotopic (exact) mass is 929 g/mol. The fraction of sp³-hybridized carbons (Fsp3) is 0.569. The van der Waals surface area contributed by atoms with Crippen molar-refractivity contribution in [3.8, 4) is 17.3 Å². The summed E-state index contributed by atoms with van der Waals surface area (Å²) >= 11 is 0. The van der Waals surface area contributed by atoms with Gasteiger partial charge in [-0.2, -0.15) is 9.97 Å².